The van der Waals surface area contributed by atoms with Gasteiger partial charge in [-0.1, -0.05) is 53.7 Å². The van der Waals surface area contributed by atoms with Gasteiger partial charge in [0.1, 0.15) is 5.67 Å². The standard InChI is InChI=1S/C12H24FP/c1-10(2,3)12(13,8-7-9-14)11(4,5)6/h7-8H,9,14H2,1-6H3. The van der Waals surface area contributed by atoms with E-state index < -0.39 is 5.67 Å². The van der Waals surface area contributed by atoms with E-state index in [9.17, 15) is 4.39 Å². The predicted molar refractivity (Wildman–Crippen MR) is 66.5 cm³/mol. The van der Waals surface area contributed by atoms with E-state index in [0.717, 1.165) is 6.16 Å². The fraction of sp³-hybridized carbons (Fsp3) is 0.833. The minimum atomic E-state index is -1.27. The molecule has 84 valence electrons. The smallest absolute Gasteiger partial charge is 0.138 e. The second kappa shape index (κ2) is 4.31. The fourth-order valence-electron chi connectivity index (χ4n) is 1.86. The van der Waals surface area contributed by atoms with Crippen LogP contribution in [0.2, 0.25) is 0 Å². The molecule has 0 saturated heterocycles. The fourth-order valence-corrected chi connectivity index (χ4v) is 1.99. The topological polar surface area (TPSA) is 0 Å². The molecule has 0 aliphatic rings. The van der Waals surface area contributed by atoms with E-state index in [4.69, 9.17) is 0 Å². The molecule has 0 heterocycles. The molecule has 0 nitrogen and oxygen atoms in total. The van der Waals surface area contributed by atoms with Crippen molar-refractivity contribution >= 4 is 9.24 Å². The lowest BCUT2D eigenvalue weighted by Gasteiger charge is -2.45. The normalized spacial score (nSPS) is 15.1. The van der Waals surface area contributed by atoms with Crippen LogP contribution in [0.5, 0.6) is 0 Å². The molecular formula is C12H24FP. The third-order valence-corrected chi connectivity index (χ3v) is 2.94. The Morgan fingerprint density at radius 1 is 1.00 bits per heavy atom. The number of rotatable bonds is 2. The zero-order valence-electron chi connectivity index (χ0n) is 10.3. The summed E-state index contributed by atoms with van der Waals surface area (Å²) in [5.41, 5.74) is -2.01. The largest absolute Gasteiger partial charge is 0.238 e. The van der Waals surface area contributed by atoms with Gasteiger partial charge in [-0.2, -0.15) is 0 Å². The maximum atomic E-state index is 14.9. The van der Waals surface area contributed by atoms with Gasteiger partial charge >= 0.3 is 0 Å². The van der Waals surface area contributed by atoms with Crippen LogP contribution in [0.4, 0.5) is 4.39 Å². The van der Waals surface area contributed by atoms with Crippen LogP contribution in [0.15, 0.2) is 12.2 Å². The van der Waals surface area contributed by atoms with E-state index >= 15 is 0 Å². The van der Waals surface area contributed by atoms with Crippen molar-refractivity contribution in [2.24, 2.45) is 10.8 Å². The SMILES string of the molecule is CC(C)(C)C(F)(C=CCP)C(C)(C)C. The molecule has 1 atom stereocenters. The number of hydrogen-bond acceptors (Lipinski definition) is 0. The third kappa shape index (κ3) is 2.79. The Morgan fingerprint density at radius 2 is 1.36 bits per heavy atom. The molecule has 0 radical (unpaired) electrons. The maximum Gasteiger partial charge on any atom is 0.138 e. The molecule has 0 bridgehead atoms. The molecule has 1 unspecified atom stereocenters. The number of alkyl halides is 1. The molecule has 14 heavy (non-hydrogen) atoms. The molecule has 0 aromatic carbocycles. The Kier molecular flexibility index (Phi) is 4.34. The molecule has 0 spiro atoms. The Balaban J connectivity index is 5.18. The van der Waals surface area contributed by atoms with Crippen molar-refractivity contribution in [3.05, 3.63) is 12.2 Å². The van der Waals surface area contributed by atoms with E-state index in [-0.39, 0.29) is 10.8 Å². The Labute approximate surface area is 90.6 Å². The third-order valence-electron chi connectivity index (χ3n) is 2.67. The van der Waals surface area contributed by atoms with Gasteiger partial charge in [0.2, 0.25) is 0 Å². The molecule has 0 aromatic rings. The summed E-state index contributed by atoms with van der Waals surface area (Å²) in [6.07, 6.45) is 4.42. The summed E-state index contributed by atoms with van der Waals surface area (Å²) in [4.78, 5) is 0. The quantitative estimate of drug-likeness (QED) is 0.481. The Bertz CT molecular complexity index is 191. The number of hydrogen-bond donors (Lipinski definition) is 0. The van der Waals surface area contributed by atoms with Crippen LogP contribution in [0, 0.1) is 10.8 Å². The minimum Gasteiger partial charge on any atom is -0.238 e. The summed E-state index contributed by atoms with van der Waals surface area (Å²) in [6.45, 7) is 11.7. The number of halogens is 1. The van der Waals surface area contributed by atoms with Crippen LogP contribution in [0.3, 0.4) is 0 Å². The predicted octanol–water partition coefficient (Wildman–Crippen LogP) is 4.22. The molecule has 0 N–H and O–H groups in total. The van der Waals surface area contributed by atoms with Crippen molar-refractivity contribution in [1.82, 2.24) is 0 Å². The maximum absolute atomic E-state index is 14.9. The molecule has 0 saturated carbocycles. The zero-order valence-corrected chi connectivity index (χ0v) is 11.5. The van der Waals surface area contributed by atoms with Gasteiger partial charge in [0, 0.05) is 10.8 Å². The first kappa shape index (κ1) is 14.1. The molecule has 2 heteroatoms. The summed E-state index contributed by atoms with van der Waals surface area (Å²) in [7, 11) is 2.59. The van der Waals surface area contributed by atoms with E-state index in [1.54, 1.807) is 6.08 Å². The number of allylic oxidation sites excluding steroid dienone is 2. The monoisotopic (exact) mass is 218 g/mol. The second-order valence-corrected chi connectivity index (χ2v) is 6.32. The minimum absolute atomic E-state index is 0.373. The molecule has 0 fully saturated rings. The van der Waals surface area contributed by atoms with Crippen LogP contribution < -0.4 is 0 Å². The highest BCUT2D eigenvalue weighted by molar-refractivity contribution is 7.16. The molecule has 0 aromatic heterocycles. The van der Waals surface area contributed by atoms with Gasteiger partial charge in [0.25, 0.3) is 0 Å². The van der Waals surface area contributed by atoms with Gasteiger partial charge in [-0.15, -0.1) is 9.24 Å². The van der Waals surface area contributed by atoms with E-state index in [2.05, 4.69) is 9.24 Å². The lowest BCUT2D eigenvalue weighted by Crippen LogP contribution is -2.47. The summed E-state index contributed by atoms with van der Waals surface area (Å²) in [5, 5.41) is 0. The average molecular weight is 218 g/mol. The van der Waals surface area contributed by atoms with E-state index in [1.165, 1.54) is 0 Å². The van der Waals surface area contributed by atoms with Crippen molar-refractivity contribution in [3.8, 4) is 0 Å². The van der Waals surface area contributed by atoms with Gasteiger partial charge in [-0.05, 0) is 6.16 Å². The molecule has 0 rings (SSSR count). The molecule has 0 aliphatic carbocycles. The van der Waals surface area contributed by atoms with Gasteiger partial charge in [-0.25, -0.2) is 4.39 Å². The van der Waals surface area contributed by atoms with Gasteiger partial charge in [0.15, 0.2) is 0 Å². The summed E-state index contributed by atoms with van der Waals surface area (Å²) in [5.74, 6) is 0. The average Bonchev–Trinajstić information content (AvgIpc) is 1.95. The van der Waals surface area contributed by atoms with Crippen molar-refractivity contribution < 1.29 is 4.39 Å². The molecule has 0 amide bonds. The summed E-state index contributed by atoms with van der Waals surface area (Å²) in [6, 6.07) is 0. The highest BCUT2D eigenvalue weighted by atomic mass is 31.0. The van der Waals surface area contributed by atoms with Gasteiger partial charge in [-0.3, -0.25) is 0 Å². The van der Waals surface area contributed by atoms with Crippen LogP contribution in [0.1, 0.15) is 41.5 Å². The van der Waals surface area contributed by atoms with Crippen molar-refractivity contribution in [3.63, 3.8) is 0 Å². The zero-order chi connectivity index (χ0) is 11.6. The first-order chi connectivity index (χ1) is 6.06. The molecular weight excluding hydrogens is 194 g/mol. The van der Waals surface area contributed by atoms with Crippen LogP contribution >= 0.6 is 9.24 Å². The Hall–Kier alpha value is 0.100. The van der Waals surface area contributed by atoms with E-state index in [1.807, 2.05) is 47.6 Å². The van der Waals surface area contributed by atoms with Crippen LogP contribution in [-0.2, 0) is 0 Å². The van der Waals surface area contributed by atoms with Gasteiger partial charge < -0.3 is 0 Å². The van der Waals surface area contributed by atoms with E-state index in [0.29, 0.717) is 0 Å². The van der Waals surface area contributed by atoms with Gasteiger partial charge in [0.05, 0.1) is 0 Å². The summed E-state index contributed by atoms with van der Waals surface area (Å²) < 4.78 is 14.9. The second-order valence-electron chi connectivity index (χ2n) is 5.85. The van der Waals surface area contributed by atoms with Crippen LogP contribution in [0.25, 0.3) is 0 Å². The highest BCUT2D eigenvalue weighted by Gasteiger charge is 2.49. The Morgan fingerprint density at radius 3 is 1.57 bits per heavy atom. The summed E-state index contributed by atoms with van der Waals surface area (Å²) >= 11 is 0. The lowest BCUT2D eigenvalue weighted by molar-refractivity contribution is -0.0225. The first-order valence-electron chi connectivity index (χ1n) is 5.13. The van der Waals surface area contributed by atoms with Crippen molar-refractivity contribution in [1.29, 1.82) is 0 Å². The van der Waals surface area contributed by atoms with Crippen molar-refractivity contribution in [2.45, 2.75) is 47.2 Å². The highest BCUT2D eigenvalue weighted by Crippen LogP contribution is 2.48. The van der Waals surface area contributed by atoms with Crippen LogP contribution in [-0.4, -0.2) is 11.8 Å². The lowest BCUT2D eigenvalue weighted by atomic mass is 9.64. The first-order valence-corrected chi connectivity index (χ1v) is 5.94. The van der Waals surface area contributed by atoms with Crippen molar-refractivity contribution in [2.75, 3.05) is 6.16 Å². The molecule has 0 aliphatic heterocycles.